The Hall–Kier alpha value is -3.62. The molecule has 0 aliphatic carbocycles. The lowest BCUT2D eigenvalue weighted by atomic mass is 10.0. The number of ether oxygens (including phenoxy) is 1. The summed E-state index contributed by atoms with van der Waals surface area (Å²) in [6.45, 7) is 1.81. The van der Waals surface area contributed by atoms with Crippen LogP contribution in [0.4, 0.5) is 13.2 Å². The first kappa shape index (κ1) is 21.1. The van der Waals surface area contributed by atoms with Crippen LogP contribution in [0.5, 0.6) is 5.75 Å². The molecule has 3 aromatic rings. The lowest BCUT2D eigenvalue weighted by molar-refractivity contribution is -0.274. The highest BCUT2D eigenvalue weighted by Crippen LogP contribution is 2.25. The Morgan fingerprint density at radius 3 is 2.40 bits per heavy atom. The van der Waals surface area contributed by atoms with E-state index in [9.17, 15) is 22.8 Å². The summed E-state index contributed by atoms with van der Waals surface area (Å²) in [5.41, 5.74) is 0.703. The zero-order valence-electron chi connectivity index (χ0n) is 15.9. The van der Waals surface area contributed by atoms with E-state index in [1.54, 1.807) is 24.3 Å². The van der Waals surface area contributed by atoms with Crippen molar-refractivity contribution in [2.45, 2.75) is 25.7 Å². The van der Waals surface area contributed by atoms with Crippen LogP contribution in [0.15, 0.2) is 65.5 Å². The van der Waals surface area contributed by atoms with Crippen LogP contribution < -0.4 is 15.6 Å². The molecule has 9 heteroatoms. The van der Waals surface area contributed by atoms with Crippen LogP contribution in [0, 0.1) is 0 Å². The highest BCUT2D eigenvalue weighted by Gasteiger charge is 2.31. The van der Waals surface area contributed by atoms with E-state index in [1.165, 1.54) is 24.3 Å². The molecular weight excluding hydrogens is 399 g/mol. The van der Waals surface area contributed by atoms with Crippen molar-refractivity contribution in [3.8, 4) is 17.1 Å². The van der Waals surface area contributed by atoms with Gasteiger partial charge in [-0.15, -0.1) is 13.2 Å². The number of carbonyl (C=O) groups is 1. The fourth-order valence-electron chi connectivity index (χ4n) is 2.86. The van der Waals surface area contributed by atoms with Crippen molar-refractivity contribution in [2.24, 2.45) is 0 Å². The second kappa shape index (κ2) is 8.81. The minimum absolute atomic E-state index is 0.0620. The number of rotatable bonds is 6. The van der Waals surface area contributed by atoms with Gasteiger partial charge in [0.05, 0.1) is 6.04 Å². The van der Waals surface area contributed by atoms with Gasteiger partial charge >= 0.3 is 6.36 Å². The number of aromatic nitrogens is 2. The molecule has 0 unspecified atom stereocenters. The van der Waals surface area contributed by atoms with Crippen LogP contribution in [0.2, 0.25) is 0 Å². The van der Waals surface area contributed by atoms with E-state index in [0.29, 0.717) is 17.5 Å². The maximum Gasteiger partial charge on any atom is 0.573 e. The second-order valence-corrected chi connectivity index (χ2v) is 6.40. The van der Waals surface area contributed by atoms with Crippen LogP contribution >= 0.6 is 0 Å². The van der Waals surface area contributed by atoms with Gasteiger partial charge in [0.1, 0.15) is 17.3 Å². The molecule has 3 rings (SSSR count). The number of halogens is 3. The lowest BCUT2D eigenvalue weighted by Crippen LogP contribution is -2.30. The van der Waals surface area contributed by atoms with Crippen molar-refractivity contribution >= 4 is 5.91 Å². The largest absolute Gasteiger partial charge is 0.573 e. The minimum atomic E-state index is -4.78. The Kier molecular flexibility index (Phi) is 6.20. The first-order chi connectivity index (χ1) is 14.2. The summed E-state index contributed by atoms with van der Waals surface area (Å²) in [5, 5.41) is 2.76. The molecule has 2 aromatic carbocycles. The summed E-state index contributed by atoms with van der Waals surface area (Å²) in [6.07, 6.45) is -4.30. The van der Waals surface area contributed by atoms with E-state index in [4.69, 9.17) is 0 Å². The highest BCUT2D eigenvalue weighted by atomic mass is 19.4. The zero-order chi connectivity index (χ0) is 21.7. The van der Waals surface area contributed by atoms with Gasteiger partial charge in [-0.25, -0.2) is 4.98 Å². The molecule has 0 aliphatic heterocycles. The Labute approximate surface area is 169 Å². The van der Waals surface area contributed by atoms with Gasteiger partial charge in [-0.3, -0.25) is 9.59 Å². The minimum Gasteiger partial charge on any atom is -0.406 e. The van der Waals surface area contributed by atoms with Crippen molar-refractivity contribution in [3.05, 3.63) is 82.3 Å². The predicted octanol–water partition coefficient (Wildman–Crippen LogP) is 4.22. The van der Waals surface area contributed by atoms with Crippen molar-refractivity contribution in [3.63, 3.8) is 0 Å². The number of hydrogen-bond acceptors (Lipinski definition) is 4. The normalized spacial score (nSPS) is 12.3. The molecule has 1 amide bonds. The molecule has 1 aromatic heterocycles. The monoisotopic (exact) mass is 417 g/mol. The molecule has 156 valence electrons. The van der Waals surface area contributed by atoms with Gasteiger partial charge in [-0.2, -0.15) is 0 Å². The summed E-state index contributed by atoms with van der Waals surface area (Å²) in [7, 11) is 0. The van der Waals surface area contributed by atoms with Crippen LogP contribution in [0.3, 0.4) is 0 Å². The molecule has 0 saturated carbocycles. The molecule has 2 N–H and O–H groups in total. The third-order valence-electron chi connectivity index (χ3n) is 4.25. The molecule has 0 spiro atoms. The van der Waals surface area contributed by atoms with Gasteiger partial charge in [0.15, 0.2) is 0 Å². The van der Waals surface area contributed by atoms with E-state index >= 15 is 0 Å². The SMILES string of the molecule is CC[C@@H](NC(=O)c1cc(=O)[nH]c(-c2ccccc2)n1)c1ccc(OC(F)(F)F)cc1. The maximum atomic E-state index is 12.7. The standard InChI is InChI=1S/C21H18F3N3O3/c1-2-16(13-8-10-15(11-9-13)30-21(22,23)24)26-20(29)17-12-18(28)27-19(25-17)14-6-4-3-5-7-14/h3-12,16H,2H2,1H3,(H,26,29)(H,25,27,28)/t16-/m1/s1. The van der Waals surface area contributed by atoms with E-state index in [2.05, 4.69) is 20.0 Å². The molecule has 0 aliphatic rings. The number of hydrogen-bond donors (Lipinski definition) is 2. The summed E-state index contributed by atoms with van der Waals surface area (Å²) in [5.74, 6) is -0.660. The fraction of sp³-hybridized carbons (Fsp3) is 0.190. The Morgan fingerprint density at radius 1 is 1.13 bits per heavy atom. The molecule has 30 heavy (non-hydrogen) atoms. The molecule has 0 radical (unpaired) electrons. The third kappa shape index (κ3) is 5.47. The van der Waals surface area contributed by atoms with Crippen LogP contribution in [-0.2, 0) is 0 Å². The van der Waals surface area contributed by atoms with E-state index < -0.39 is 23.9 Å². The van der Waals surface area contributed by atoms with Gasteiger partial charge in [0, 0.05) is 11.6 Å². The molecule has 0 bridgehead atoms. The number of nitrogens with zero attached hydrogens (tertiary/aromatic N) is 1. The van der Waals surface area contributed by atoms with E-state index in [-0.39, 0.29) is 17.3 Å². The van der Waals surface area contributed by atoms with Gasteiger partial charge in [-0.1, -0.05) is 49.4 Å². The molecular formula is C21H18F3N3O3. The van der Waals surface area contributed by atoms with E-state index in [1.807, 2.05) is 13.0 Å². The summed E-state index contributed by atoms with van der Waals surface area (Å²) < 4.78 is 40.8. The first-order valence-corrected chi connectivity index (χ1v) is 9.08. The Balaban J connectivity index is 1.79. The van der Waals surface area contributed by atoms with Crippen LogP contribution in [-0.4, -0.2) is 22.2 Å². The number of alkyl halides is 3. The summed E-state index contributed by atoms with van der Waals surface area (Å²) in [6, 6.07) is 14.7. The number of nitrogens with one attached hydrogen (secondary N) is 2. The highest BCUT2D eigenvalue weighted by molar-refractivity contribution is 5.92. The van der Waals surface area contributed by atoms with Gasteiger partial charge < -0.3 is 15.0 Å². The average Bonchev–Trinajstić information content (AvgIpc) is 2.71. The van der Waals surface area contributed by atoms with Crippen molar-refractivity contribution in [1.29, 1.82) is 0 Å². The molecule has 0 fully saturated rings. The maximum absolute atomic E-state index is 12.7. The molecule has 6 nitrogen and oxygen atoms in total. The Morgan fingerprint density at radius 2 is 1.80 bits per heavy atom. The molecule has 1 atom stereocenters. The van der Waals surface area contributed by atoms with Gasteiger partial charge in [0.2, 0.25) is 0 Å². The summed E-state index contributed by atoms with van der Waals surface area (Å²) in [4.78, 5) is 31.5. The fourth-order valence-corrected chi connectivity index (χ4v) is 2.86. The Bertz CT molecular complexity index is 1060. The van der Waals surface area contributed by atoms with Crippen molar-refractivity contribution < 1.29 is 22.7 Å². The van der Waals surface area contributed by atoms with E-state index in [0.717, 1.165) is 6.07 Å². The van der Waals surface area contributed by atoms with Crippen molar-refractivity contribution in [1.82, 2.24) is 15.3 Å². The van der Waals surface area contributed by atoms with Crippen LogP contribution in [0.25, 0.3) is 11.4 Å². The quantitative estimate of drug-likeness (QED) is 0.629. The number of amides is 1. The number of benzene rings is 2. The number of aromatic amines is 1. The summed E-state index contributed by atoms with van der Waals surface area (Å²) >= 11 is 0. The number of carbonyl (C=O) groups excluding carboxylic acids is 1. The smallest absolute Gasteiger partial charge is 0.406 e. The third-order valence-corrected chi connectivity index (χ3v) is 4.25. The van der Waals surface area contributed by atoms with Crippen LogP contribution in [0.1, 0.15) is 35.4 Å². The van der Waals surface area contributed by atoms with Gasteiger partial charge in [0.25, 0.3) is 11.5 Å². The predicted molar refractivity (Wildman–Crippen MR) is 104 cm³/mol. The first-order valence-electron chi connectivity index (χ1n) is 9.08. The molecule has 1 heterocycles. The topological polar surface area (TPSA) is 84.1 Å². The number of H-pyrrole nitrogens is 1. The van der Waals surface area contributed by atoms with Gasteiger partial charge in [-0.05, 0) is 24.1 Å². The average molecular weight is 417 g/mol. The molecule has 0 saturated heterocycles. The second-order valence-electron chi connectivity index (χ2n) is 6.40. The van der Waals surface area contributed by atoms with Crippen molar-refractivity contribution in [2.75, 3.05) is 0 Å². The zero-order valence-corrected chi connectivity index (χ0v) is 15.9. The lowest BCUT2D eigenvalue weighted by Gasteiger charge is -2.18.